The largest absolute Gasteiger partial charge is 0.476 e. The van der Waals surface area contributed by atoms with Crippen molar-refractivity contribution in [3.63, 3.8) is 0 Å². The van der Waals surface area contributed by atoms with Gasteiger partial charge in [-0.15, -0.1) is 10.2 Å². The van der Waals surface area contributed by atoms with E-state index in [-0.39, 0.29) is 28.9 Å². The van der Waals surface area contributed by atoms with Gasteiger partial charge in [-0.05, 0) is 30.3 Å². The second-order valence-corrected chi connectivity index (χ2v) is 6.59. The number of benzene rings is 2. The van der Waals surface area contributed by atoms with Crippen LogP contribution in [0.25, 0.3) is 22.2 Å². The number of aromatic carboxylic acids is 1. The minimum atomic E-state index is -1.22. The molecule has 0 spiro atoms. The molecule has 0 unspecified atom stereocenters. The fraction of sp³-hybridized carbons (Fsp3) is 0.0556. The molecule has 134 valence electrons. The Hall–Kier alpha value is -3.33. The first-order valence-electron chi connectivity index (χ1n) is 7.84. The lowest BCUT2D eigenvalue weighted by Gasteiger charge is -2.06. The Bertz CT molecular complexity index is 1210. The van der Waals surface area contributed by atoms with Crippen molar-refractivity contribution in [2.24, 2.45) is 0 Å². The normalized spacial score (nSPS) is 11.0. The Morgan fingerprint density at radius 3 is 2.48 bits per heavy atom. The molecule has 9 heteroatoms. The van der Waals surface area contributed by atoms with Gasteiger partial charge in [0.2, 0.25) is 11.8 Å². The Labute approximate surface area is 160 Å². The highest BCUT2D eigenvalue weighted by molar-refractivity contribution is 9.10. The van der Waals surface area contributed by atoms with Crippen molar-refractivity contribution >= 4 is 32.7 Å². The highest BCUT2D eigenvalue weighted by atomic mass is 79.9. The SMILES string of the molecule is O=C(O)c1nn(Cc2nnc(-c3ccc(Br)cc3)o2)c(=O)c2ccccc12. The van der Waals surface area contributed by atoms with Crippen LogP contribution < -0.4 is 5.56 Å². The topological polar surface area (TPSA) is 111 Å². The Balaban J connectivity index is 1.74. The van der Waals surface area contributed by atoms with Crippen molar-refractivity contribution in [1.29, 1.82) is 0 Å². The molecular formula is C18H11BrN4O4. The number of nitrogens with zero attached hydrogens (tertiary/aromatic N) is 4. The van der Waals surface area contributed by atoms with Crippen LogP contribution >= 0.6 is 15.9 Å². The highest BCUT2D eigenvalue weighted by Crippen LogP contribution is 2.21. The van der Waals surface area contributed by atoms with Gasteiger partial charge in [-0.2, -0.15) is 5.10 Å². The van der Waals surface area contributed by atoms with Crippen LogP contribution in [0, 0.1) is 0 Å². The second kappa shape index (κ2) is 6.76. The third kappa shape index (κ3) is 3.24. The maximum Gasteiger partial charge on any atom is 0.357 e. The summed E-state index contributed by atoms with van der Waals surface area (Å²) in [7, 11) is 0. The van der Waals surface area contributed by atoms with Crippen molar-refractivity contribution < 1.29 is 14.3 Å². The van der Waals surface area contributed by atoms with Crippen LogP contribution in [-0.2, 0) is 6.54 Å². The average molecular weight is 427 g/mol. The van der Waals surface area contributed by atoms with Crippen molar-refractivity contribution in [2.75, 3.05) is 0 Å². The van der Waals surface area contributed by atoms with E-state index in [1.807, 2.05) is 24.3 Å². The number of fused-ring (bicyclic) bond motifs is 1. The molecule has 2 heterocycles. The molecule has 0 fully saturated rings. The molecule has 4 aromatic rings. The summed E-state index contributed by atoms with van der Waals surface area (Å²) in [5, 5.41) is 21.8. The third-order valence-corrected chi connectivity index (χ3v) is 4.44. The number of carboxylic acids is 1. The van der Waals surface area contributed by atoms with Crippen molar-refractivity contribution in [2.45, 2.75) is 6.54 Å². The molecule has 1 N–H and O–H groups in total. The molecule has 2 aromatic heterocycles. The van der Waals surface area contributed by atoms with Gasteiger partial charge in [0.1, 0.15) is 6.54 Å². The molecule has 0 atom stereocenters. The van der Waals surface area contributed by atoms with Gasteiger partial charge in [0.05, 0.1) is 5.39 Å². The molecule has 2 aromatic carbocycles. The number of halogens is 1. The number of aromatic nitrogens is 4. The zero-order chi connectivity index (χ0) is 19.0. The molecule has 0 aliphatic carbocycles. The molecular weight excluding hydrogens is 416 g/mol. The van der Waals surface area contributed by atoms with Crippen LogP contribution in [0.2, 0.25) is 0 Å². The van der Waals surface area contributed by atoms with E-state index in [2.05, 4.69) is 31.2 Å². The van der Waals surface area contributed by atoms with Crippen LogP contribution in [0.3, 0.4) is 0 Å². The maximum absolute atomic E-state index is 12.6. The van der Waals surface area contributed by atoms with Crippen molar-refractivity contribution in [3.05, 3.63) is 74.9 Å². The van der Waals surface area contributed by atoms with E-state index in [1.54, 1.807) is 24.3 Å². The van der Waals surface area contributed by atoms with Gasteiger partial charge in [0, 0.05) is 15.4 Å². The van der Waals surface area contributed by atoms with E-state index in [0.29, 0.717) is 5.89 Å². The van der Waals surface area contributed by atoms with Crippen LogP contribution in [0.1, 0.15) is 16.4 Å². The second-order valence-electron chi connectivity index (χ2n) is 5.67. The van der Waals surface area contributed by atoms with E-state index in [0.717, 1.165) is 14.7 Å². The summed E-state index contributed by atoms with van der Waals surface area (Å²) in [5.74, 6) is -0.778. The van der Waals surface area contributed by atoms with Gasteiger partial charge in [0.25, 0.3) is 5.56 Å². The van der Waals surface area contributed by atoms with E-state index in [1.165, 1.54) is 0 Å². The van der Waals surface area contributed by atoms with Gasteiger partial charge < -0.3 is 9.52 Å². The fourth-order valence-electron chi connectivity index (χ4n) is 2.66. The first-order chi connectivity index (χ1) is 13.0. The Kier molecular flexibility index (Phi) is 4.28. The van der Waals surface area contributed by atoms with Gasteiger partial charge in [0.15, 0.2) is 5.69 Å². The quantitative estimate of drug-likeness (QED) is 0.533. The first kappa shape index (κ1) is 17.1. The smallest absolute Gasteiger partial charge is 0.357 e. The Morgan fingerprint density at radius 1 is 1.07 bits per heavy atom. The van der Waals surface area contributed by atoms with E-state index < -0.39 is 11.5 Å². The molecule has 0 saturated heterocycles. The van der Waals surface area contributed by atoms with Crippen LogP contribution in [0.4, 0.5) is 0 Å². The van der Waals surface area contributed by atoms with Crippen LogP contribution in [-0.4, -0.2) is 31.1 Å². The average Bonchev–Trinajstić information content (AvgIpc) is 3.13. The summed E-state index contributed by atoms with van der Waals surface area (Å²) >= 11 is 3.35. The summed E-state index contributed by atoms with van der Waals surface area (Å²) in [5.41, 5.74) is 0.0823. The number of carboxylic acid groups (broad SMARTS) is 1. The van der Waals surface area contributed by atoms with E-state index in [4.69, 9.17) is 4.42 Å². The van der Waals surface area contributed by atoms with Crippen molar-refractivity contribution in [3.8, 4) is 11.5 Å². The van der Waals surface area contributed by atoms with E-state index in [9.17, 15) is 14.7 Å². The predicted molar refractivity (Wildman–Crippen MR) is 99.5 cm³/mol. The van der Waals surface area contributed by atoms with Crippen LogP contribution in [0.5, 0.6) is 0 Å². The van der Waals surface area contributed by atoms with Crippen molar-refractivity contribution in [1.82, 2.24) is 20.0 Å². The third-order valence-electron chi connectivity index (χ3n) is 3.91. The fourth-order valence-corrected chi connectivity index (χ4v) is 2.92. The number of rotatable bonds is 4. The van der Waals surface area contributed by atoms with Gasteiger partial charge in [-0.3, -0.25) is 4.79 Å². The summed E-state index contributed by atoms with van der Waals surface area (Å²) < 4.78 is 7.53. The Morgan fingerprint density at radius 2 is 1.78 bits per heavy atom. The lowest BCUT2D eigenvalue weighted by molar-refractivity contribution is 0.0690. The van der Waals surface area contributed by atoms with Gasteiger partial charge in [-0.1, -0.05) is 34.1 Å². The molecule has 0 aliphatic heterocycles. The number of hydrogen-bond acceptors (Lipinski definition) is 6. The summed E-state index contributed by atoms with van der Waals surface area (Å²) in [6.45, 7) is -0.131. The maximum atomic E-state index is 12.6. The molecule has 0 amide bonds. The van der Waals surface area contributed by atoms with Crippen LogP contribution in [0.15, 0.2) is 62.2 Å². The number of hydrogen-bond donors (Lipinski definition) is 1. The lowest BCUT2D eigenvalue weighted by Crippen LogP contribution is -2.26. The first-order valence-corrected chi connectivity index (χ1v) is 8.64. The highest BCUT2D eigenvalue weighted by Gasteiger charge is 2.17. The lowest BCUT2D eigenvalue weighted by atomic mass is 10.1. The monoisotopic (exact) mass is 426 g/mol. The molecule has 0 radical (unpaired) electrons. The summed E-state index contributed by atoms with van der Waals surface area (Å²) in [6, 6.07) is 13.7. The minimum absolute atomic E-state index is 0.131. The van der Waals surface area contributed by atoms with Gasteiger partial charge in [-0.25, -0.2) is 9.48 Å². The molecule has 27 heavy (non-hydrogen) atoms. The summed E-state index contributed by atoms with van der Waals surface area (Å²) in [6.07, 6.45) is 0. The predicted octanol–water partition coefficient (Wildman–Crippen LogP) is 2.96. The molecule has 8 nitrogen and oxygen atoms in total. The number of carbonyl (C=O) groups is 1. The van der Waals surface area contributed by atoms with Gasteiger partial charge >= 0.3 is 5.97 Å². The summed E-state index contributed by atoms with van der Waals surface area (Å²) in [4.78, 5) is 24.1. The minimum Gasteiger partial charge on any atom is -0.476 e. The molecule has 0 bridgehead atoms. The zero-order valence-corrected chi connectivity index (χ0v) is 15.3. The standard InChI is InChI=1S/C18H11BrN4O4/c19-11-7-5-10(6-8-11)16-21-20-14(27-16)9-23-17(24)13-4-2-1-3-12(13)15(22-23)18(25)26/h1-8H,9H2,(H,25,26). The molecule has 0 saturated carbocycles. The van der Waals surface area contributed by atoms with E-state index >= 15 is 0 Å². The zero-order valence-electron chi connectivity index (χ0n) is 13.7. The molecule has 4 rings (SSSR count). The molecule has 0 aliphatic rings.